The van der Waals surface area contributed by atoms with Crippen LogP contribution in [0.4, 0.5) is 4.79 Å². The first-order valence-corrected chi connectivity index (χ1v) is 9.26. The van der Waals surface area contributed by atoms with Crippen LogP contribution in [0.3, 0.4) is 0 Å². The maximum Gasteiger partial charge on any atom is 0.416 e. The molecule has 1 aromatic carbocycles. The van der Waals surface area contributed by atoms with Gasteiger partial charge in [0.05, 0.1) is 18.1 Å². The van der Waals surface area contributed by atoms with Gasteiger partial charge in [0, 0.05) is 0 Å². The Morgan fingerprint density at radius 2 is 2.00 bits per heavy atom. The Morgan fingerprint density at radius 3 is 2.64 bits per heavy atom. The molecule has 0 bridgehead atoms. The summed E-state index contributed by atoms with van der Waals surface area (Å²) < 4.78 is 5.13. The normalized spacial score (nSPS) is 19.6. The van der Waals surface area contributed by atoms with Gasteiger partial charge in [0.15, 0.2) is 0 Å². The Bertz CT molecular complexity index is 558. The molecule has 1 heterocycles. The SMILES string of the molecule is CCCCCCC(C(=O)N1C(=O)OCC1Cc1ccccc1)C(C)O. The van der Waals surface area contributed by atoms with E-state index in [1.54, 1.807) is 6.92 Å². The number of carbonyl (C=O) groups is 2. The number of imide groups is 1. The maximum absolute atomic E-state index is 12.9. The summed E-state index contributed by atoms with van der Waals surface area (Å²) in [6.45, 7) is 3.96. The smallest absolute Gasteiger partial charge is 0.416 e. The molecule has 0 radical (unpaired) electrons. The van der Waals surface area contributed by atoms with E-state index in [9.17, 15) is 14.7 Å². The second-order valence-corrected chi connectivity index (χ2v) is 6.83. The van der Waals surface area contributed by atoms with Gasteiger partial charge < -0.3 is 9.84 Å². The fourth-order valence-corrected chi connectivity index (χ4v) is 3.31. The molecule has 0 aromatic heterocycles. The van der Waals surface area contributed by atoms with Gasteiger partial charge >= 0.3 is 6.09 Å². The molecule has 2 rings (SSSR count). The molecule has 3 atom stereocenters. The predicted octanol–water partition coefficient (Wildman–Crippen LogP) is 3.54. The molecule has 1 aromatic rings. The summed E-state index contributed by atoms with van der Waals surface area (Å²) in [6.07, 6.45) is 3.93. The van der Waals surface area contributed by atoms with E-state index in [2.05, 4.69) is 6.92 Å². The van der Waals surface area contributed by atoms with Gasteiger partial charge in [-0.15, -0.1) is 0 Å². The monoisotopic (exact) mass is 347 g/mol. The van der Waals surface area contributed by atoms with Crippen molar-refractivity contribution in [1.29, 1.82) is 0 Å². The van der Waals surface area contributed by atoms with E-state index in [1.807, 2.05) is 30.3 Å². The van der Waals surface area contributed by atoms with Gasteiger partial charge in [0.1, 0.15) is 6.61 Å². The Labute approximate surface area is 150 Å². The van der Waals surface area contributed by atoms with Gasteiger partial charge in [0.25, 0.3) is 0 Å². The van der Waals surface area contributed by atoms with E-state index in [-0.39, 0.29) is 18.6 Å². The summed E-state index contributed by atoms with van der Waals surface area (Å²) in [7, 11) is 0. The predicted molar refractivity (Wildman–Crippen MR) is 96.1 cm³/mol. The van der Waals surface area contributed by atoms with Gasteiger partial charge in [0.2, 0.25) is 5.91 Å². The van der Waals surface area contributed by atoms with Gasteiger partial charge in [-0.25, -0.2) is 9.69 Å². The average molecular weight is 347 g/mol. The van der Waals surface area contributed by atoms with E-state index in [0.29, 0.717) is 12.8 Å². The molecule has 5 heteroatoms. The fourth-order valence-electron chi connectivity index (χ4n) is 3.31. The van der Waals surface area contributed by atoms with Crippen LogP contribution in [0.1, 0.15) is 51.5 Å². The minimum absolute atomic E-state index is 0.210. The zero-order valence-electron chi connectivity index (χ0n) is 15.2. The molecule has 2 amide bonds. The van der Waals surface area contributed by atoms with Crippen LogP contribution in [-0.2, 0) is 16.0 Å². The van der Waals surface area contributed by atoms with E-state index >= 15 is 0 Å². The Morgan fingerprint density at radius 1 is 1.28 bits per heavy atom. The largest absolute Gasteiger partial charge is 0.447 e. The number of unbranched alkanes of at least 4 members (excludes halogenated alkanes) is 3. The standard InChI is InChI=1S/C20H29NO4/c1-3-4-5-9-12-18(15(2)22)19(23)21-17(14-25-20(21)24)13-16-10-7-6-8-11-16/h6-8,10-11,15,17-18,22H,3-5,9,12-14H2,1-2H3. The molecule has 138 valence electrons. The number of benzene rings is 1. The highest BCUT2D eigenvalue weighted by Crippen LogP contribution is 2.24. The van der Waals surface area contributed by atoms with E-state index < -0.39 is 18.1 Å². The van der Waals surface area contributed by atoms with Crippen LogP contribution in [0.5, 0.6) is 0 Å². The molecule has 25 heavy (non-hydrogen) atoms. The number of carbonyl (C=O) groups excluding carboxylic acids is 2. The number of rotatable bonds is 9. The molecule has 1 saturated heterocycles. The van der Waals surface area contributed by atoms with Crippen LogP contribution in [-0.4, -0.2) is 40.8 Å². The maximum atomic E-state index is 12.9. The van der Waals surface area contributed by atoms with Gasteiger partial charge in [-0.1, -0.05) is 62.9 Å². The molecule has 5 nitrogen and oxygen atoms in total. The van der Waals surface area contributed by atoms with Crippen molar-refractivity contribution >= 4 is 12.0 Å². The summed E-state index contributed by atoms with van der Waals surface area (Å²) >= 11 is 0. The van der Waals surface area contributed by atoms with Crippen molar-refractivity contribution in [2.75, 3.05) is 6.61 Å². The van der Waals surface area contributed by atoms with Crippen LogP contribution < -0.4 is 0 Å². The third-order valence-corrected chi connectivity index (χ3v) is 4.78. The highest BCUT2D eigenvalue weighted by molar-refractivity contribution is 5.95. The van der Waals surface area contributed by atoms with Crippen molar-refractivity contribution < 1.29 is 19.4 Å². The number of amides is 2. The summed E-state index contributed by atoms with van der Waals surface area (Å²) in [6, 6.07) is 9.45. The van der Waals surface area contributed by atoms with Gasteiger partial charge in [-0.3, -0.25) is 4.79 Å². The topological polar surface area (TPSA) is 66.8 Å². The van der Waals surface area contributed by atoms with Crippen LogP contribution in [0.25, 0.3) is 0 Å². The molecule has 0 saturated carbocycles. The Kier molecular flexibility index (Phi) is 7.44. The summed E-state index contributed by atoms with van der Waals surface area (Å²) in [5, 5.41) is 10.1. The summed E-state index contributed by atoms with van der Waals surface area (Å²) in [5.41, 5.74) is 1.06. The molecule has 1 aliphatic rings. The third-order valence-electron chi connectivity index (χ3n) is 4.78. The van der Waals surface area contributed by atoms with Gasteiger partial charge in [-0.2, -0.15) is 0 Å². The lowest BCUT2D eigenvalue weighted by Crippen LogP contribution is -2.46. The van der Waals surface area contributed by atoms with Crippen molar-refractivity contribution in [2.24, 2.45) is 5.92 Å². The molecule has 0 aliphatic carbocycles. The molecule has 0 spiro atoms. The molecule has 1 fully saturated rings. The number of nitrogens with zero attached hydrogens (tertiary/aromatic N) is 1. The number of cyclic esters (lactones) is 1. The minimum Gasteiger partial charge on any atom is -0.447 e. The number of aliphatic hydroxyl groups excluding tert-OH is 1. The first-order chi connectivity index (χ1) is 12.0. The molecule has 3 unspecified atom stereocenters. The Balaban J connectivity index is 2.05. The second-order valence-electron chi connectivity index (χ2n) is 6.83. The highest BCUT2D eigenvalue weighted by atomic mass is 16.6. The second kappa shape index (κ2) is 9.56. The minimum atomic E-state index is -0.778. The lowest BCUT2D eigenvalue weighted by molar-refractivity contribution is -0.137. The molecular formula is C20H29NO4. The highest BCUT2D eigenvalue weighted by Gasteiger charge is 2.41. The number of ether oxygens (including phenoxy) is 1. The molecule has 1 N–H and O–H groups in total. The zero-order chi connectivity index (χ0) is 18.2. The van der Waals surface area contributed by atoms with Crippen molar-refractivity contribution in [3.63, 3.8) is 0 Å². The lowest BCUT2D eigenvalue weighted by atomic mass is 9.93. The van der Waals surface area contributed by atoms with Crippen LogP contribution in [0.2, 0.25) is 0 Å². The quantitative estimate of drug-likeness (QED) is 0.694. The van der Waals surface area contributed by atoms with E-state index in [1.165, 1.54) is 4.90 Å². The summed E-state index contributed by atoms with van der Waals surface area (Å²) in [5.74, 6) is -0.865. The first-order valence-electron chi connectivity index (χ1n) is 9.26. The van der Waals surface area contributed by atoms with Crippen LogP contribution in [0.15, 0.2) is 30.3 Å². The van der Waals surface area contributed by atoms with Crippen molar-refractivity contribution in [1.82, 2.24) is 4.90 Å². The van der Waals surface area contributed by atoms with Crippen LogP contribution in [0, 0.1) is 5.92 Å². The van der Waals surface area contributed by atoms with E-state index in [4.69, 9.17) is 4.74 Å². The summed E-state index contributed by atoms with van der Waals surface area (Å²) in [4.78, 5) is 26.3. The fraction of sp³-hybridized carbons (Fsp3) is 0.600. The van der Waals surface area contributed by atoms with Crippen molar-refractivity contribution in [3.05, 3.63) is 35.9 Å². The first kappa shape index (κ1) is 19.4. The number of aliphatic hydroxyl groups is 1. The van der Waals surface area contributed by atoms with Gasteiger partial charge in [-0.05, 0) is 25.3 Å². The molecular weight excluding hydrogens is 318 g/mol. The number of hydrogen-bond acceptors (Lipinski definition) is 4. The molecule has 1 aliphatic heterocycles. The van der Waals surface area contributed by atoms with Crippen molar-refractivity contribution in [2.45, 2.75) is 64.5 Å². The zero-order valence-corrected chi connectivity index (χ0v) is 15.2. The van der Waals surface area contributed by atoms with Crippen LogP contribution >= 0.6 is 0 Å². The van der Waals surface area contributed by atoms with Crippen molar-refractivity contribution in [3.8, 4) is 0 Å². The number of hydrogen-bond donors (Lipinski definition) is 1. The van der Waals surface area contributed by atoms with E-state index in [0.717, 1.165) is 31.2 Å². The lowest BCUT2D eigenvalue weighted by Gasteiger charge is -2.26. The third kappa shape index (κ3) is 5.30. The average Bonchev–Trinajstić information content (AvgIpc) is 2.95. The Hall–Kier alpha value is -1.88.